The zero-order valence-electron chi connectivity index (χ0n) is 12.8. The summed E-state index contributed by atoms with van der Waals surface area (Å²) in [5.74, 6) is 0.940. The molecule has 1 aromatic carbocycles. The maximum absolute atomic E-state index is 6.31. The van der Waals surface area contributed by atoms with Crippen LogP contribution >= 0.6 is 23.2 Å². The van der Waals surface area contributed by atoms with E-state index in [1.54, 1.807) is 0 Å². The van der Waals surface area contributed by atoms with E-state index in [9.17, 15) is 0 Å². The van der Waals surface area contributed by atoms with Gasteiger partial charge in [0.2, 0.25) is 0 Å². The second-order valence-corrected chi connectivity index (χ2v) is 7.12. The Bertz CT molecular complexity index is 829. The fourth-order valence-corrected chi connectivity index (χ4v) is 3.65. The van der Waals surface area contributed by atoms with Crippen LogP contribution in [0.1, 0.15) is 30.5 Å². The molecular weight excluding hydrogens is 327 g/mol. The molecule has 1 saturated carbocycles. The summed E-state index contributed by atoms with van der Waals surface area (Å²) in [4.78, 5) is 4.57. The van der Waals surface area contributed by atoms with Gasteiger partial charge in [-0.3, -0.25) is 4.98 Å². The maximum Gasteiger partial charge on any atom is 0.0542 e. The largest absolute Gasteiger partial charge is 0.347 e. The molecule has 0 radical (unpaired) electrons. The van der Waals surface area contributed by atoms with Gasteiger partial charge in [-0.15, -0.1) is 0 Å². The lowest BCUT2D eigenvalue weighted by Crippen LogP contribution is -1.99. The van der Waals surface area contributed by atoms with Crippen molar-refractivity contribution in [2.75, 3.05) is 0 Å². The minimum atomic E-state index is 0.655. The Morgan fingerprint density at radius 3 is 2.61 bits per heavy atom. The topological polar surface area (TPSA) is 17.8 Å². The van der Waals surface area contributed by atoms with Crippen molar-refractivity contribution in [2.45, 2.75) is 32.2 Å². The van der Waals surface area contributed by atoms with E-state index in [1.807, 2.05) is 24.4 Å². The third kappa shape index (κ3) is 3.11. The first-order valence-corrected chi connectivity index (χ1v) is 8.83. The molecule has 4 heteroatoms. The molecule has 0 N–H and O–H groups in total. The SMILES string of the molecule is Clc1cccc(Cl)c1Cc1nccc2c1ccn2CCC1CC1. The first kappa shape index (κ1) is 15.0. The lowest BCUT2D eigenvalue weighted by atomic mass is 10.1. The molecule has 2 heterocycles. The van der Waals surface area contributed by atoms with Gasteiger partial charge in [0.05, 0.1) is 11.2 Å². The van der Waals surface area contributed by atoms with E-state index in [2.05, 4.69) is 27.9 Å². The van der Waals surface area contributed by atoms with Crippen LogP contribution in [0.15, 0.2) is 42.7 Å². The summed E-state index contributed by atoms with van der Waals surface area (Å²) in [5.41, 5.74) is 3.23. The molecule has 0 spiro atoms. The number of hydrogen-bond acceptors (Lipinski definition) is 1. The van der Waals surface area contributed by atoms with Gasteiger partial charge in [-0.1, -0.05) is 42.1 Å². The van der Waals surface area contributed by atoms with Gasteiger partial charge in [-0.25, -0.2) is 0 Å². The molecule has 0 bridgehead atoms. The quantitative estimate of drug-likeness (QED) is 0.577. The number of hydrogen-bond donors (Lipinski definition) is 0. The van der Waals surface area contributed by atoms with Crippen LogP contribution in [0.5, 0.6) is 0 Å². The first-order valence-electron chi connectivity index (χ1n) is 8.08. The Balaban J connectivity index is 1.67. The van der Waals surface area contributed by atoms with Gasteiger partial charge < -0.3 is 4.57 Å². The highest BCUT2D eigenvalue weighted by Crippen LogP contribution is 2.33. The normalized spacial score (nSPS) is 14.5. The minimum Gasteiger partial charge on any atom is -0.347 e. The number of aryl methyl sites for hydroxylation is 1. The molecule has 118 valence electrons. The summed E-state index contributed by atoms with van der Waals surface area (Å²) in [6.45, 7) is 1.09. The maximum atomic E-state index is 6.31. The second kappa shape index (κ2) is 6.18. The van der Waals surface area contributed by atoms with E-state index < -0.39 is 0 Å². The monoisotopic (exact) mass is 344 g/mol. The van der Waals surface area contributed by atoms with Gasteiger partial charge in [0, 0.05) is 40.8 Å². The molecule has 0 aliphatic heterocycles. The van der Waals surface area contributed by atoms with Crippen molar-refractivity contribution >= 4 is 34.1 Å². The van der Waals surface area contributed by atoms with E-state index in [-0.39, 0.29) is 0 Å². The fraction of sp³-hybridized carbons (Fsp3) is 0.316. The summed E-state index contributed by atoms with van der Waals surface area (Å²) in [7, 11) is 0. The smallest absolute Gasteiger partial charge is 0.0542 e. The van der Waals surface area contributed by atoms with Crippen LogP contribution in [0, 0.1) is 5.92 Å². The van der Waals surface area contributed by atoms with Crippen molar-refractivity contribution in [2.24, 2.45) is 5.92 Å². The number of benzene rings is 1. The van der Waals surface area contributed by atoms with E-state index in [0.717, 1.165) is 23.7 Å². The number of pyridine rings is 1. The average Bonchev–Trinajstić information content (AvgIpc) is 3.28. The van der Waals surface area contributed by atoms with Crippen LogP contribution in [0.2, 0.25) is 10.0 Å². The highest BCUT2D eigenvalue weighted by atomic mass is 35.5. The molecule has 0 atom stereocenters. The van der Waals surface area contributed by atoms with Crippen LogP contribution in [0.4, 0.5) is 0 Å². The number of rotatable bonds is 5. The summed E-state index contributed by atoms with van der Waals surface area (Å²) in [6.07, 6.45) is 8.79. The summed E-state index contributed by atoms with van der Waals surface area (Å²) >= 11 is 12.6. The zero-order valence-corrected chi connectivity index (χ0v) is 14.3. The lowest BCUT2D eigenvalue weighted by molar-refractivity contribution is 0.611. The van der Waals surface area contributed by atoms with Crippen LogP contribution in [-0.2, 0) is 13.0 Å². The zero-order chi connectivity index (χ0) is 15.8. The minimum absolute atomic E-state index is 0.655. The predicted molar refractivity (Wildman–Crippen MR) is 96.3 cm³/mol. The number of aromatic nitrogens is 2. The molecule has 2 aromatic heterocycles. The second-order valence-electron chi connectivity index (χ2n) is 6.31. The van der Waals surface area contributed by atoms with Crippen molar-refractivity contribution < 1.29 is 0 Å². The van der Waals surface area contributed by atoms with Gasteiger partial charge in [-0.2, -0.15) is 0 Å². The highest BCUT2D eigenvalue weighted by Gasteiger charge is 2.21. The van der Waals surface area contributed by atoms with E-state index in [4.69, 9.17) is 23.2 Å². The lowest BCUT2D eigenvalue weighted by Gasteiger charge is -2.09. The molecule has 23 heavy (non-hydrogen) atoms. The number of nitrogens with zero attached hydrogens (tertiary/aromatic N) is 2. The molecule has 1 aliphatic rings. The molecule has 4 rings (SSSR count). The molecule has 0 amide bonds. The molecular formula is C19H18Cl2N2. The number of fused-ring (bicyclic) bond motifs is 1. The summed E-state index contributed by atoms with van der Waals surface area (Å²) in [5, 5.41) is 2.59. The number of halogens is 2. The van der Waals surface area contributed by atoms with Crippen molar-refractivity contribution in [3.63, 3.8) is 0 Å². The summed E-state index contributed by atoms with van der Waals surface area (Å²) < 4.78 is 2.34. The van der Waals surface area contributed by atoms with E-state index >= 15 is 0 Å². The molecule has 0 saturated heterocycles. The van der Waals surface area contributed by atoms with E-state index in [0.29, 0.717) is 16.5 Å². The predicted octanol–water partition coefficient (Wildman–Crippen LogP) is 5.73. The van der Waals surface area contributed by atoms with Crippen molar-refractivity contribution in [3.05, 3.63) is 64.0 Å². The van der Waals surface area contributed by atoms with Gasteiger partial charge >= 0.3 is 0 Å². The van der Waals surface area contributed by atoms with Crippen molar-refractivity contribution in [1.82, 2.24) is 9.55 Å². The fourth-order valence-electron chi connectivity index (χ4n) is 3.11. The van der Waals surface area contributed by atoms with E-state index in [1.165, 1.54) is 30.2 Å². The summed E-state index contributed by atoms with van der Waals surface area (Å²) in [6, 6.07) is 9.89. The van der Waals surface area contributed by atoms with Crippen LogP contribution < -0.4 is 0 Å². The third-order valence-electron chi connectivity index (χ3n) is 4.66. The molecule has 1 fully saturated rings. The molecule has 0 unspecified atom stereocenters. The van der Waals surface area contributed by atoms with Gasteiger partial charge in [0.25, 0.3) is 0 Å². The highest BCUT2D eigenvalue weighted by molar-refractivity contribution is 6.36. The van der Waals surface area contributed by atoms with Crippen LogP contribution in [-0.4, -0.2) is 9.55 Å². The Kier molecular flexibility index (Phi) is 4.04. The average molecular weight is 345 g/mol. The van der Waals surface area contributed by atoms with Crippen LogP contribution in [0.25, 0.3) is 10.9 Å². The van der Waals surface area contributed by atoms with Crippen molar-refractivity contribution in [1.29, 1.82) is 0 Å². The first-order chi connectivity index (χ1) is 11.2. The Morgan fingerprint density at radius 2 is 1.87 bits per heavy atom. The third-order valence-corrected chi connectivity index (χ3v) is 5.37. The molecule has 2 nitrogen and oxygen atoms in total. The molecule has 3 aromatic rings. The van der Waals surface area contributed by atoms with Gasteiger partial charge in [0.1, 0.15) is 0 Å². The Morgan fingerprint density at radius 1 is 1.09 bits per heavy atom. The standard InChI is InChI=1S/C19H18Cl2N2/c20-16-2-1-3-17(21)15(16)12-18-14-8-11-23(10-7-13-4-5-13)19(14)6-9-22-18/h1-3,6,8-9,11,13H,4-5,7,10,12H2. The van der Waals surface area contributed by atoms with Gasteiger partial charge in [0.15, 0.2) is 0 Å². The molecule has 1 aliphatic carbocycles. The van der Waals surface area contributed by atoms with Crippen molar-refractivity contribution in [3.8, 4) is 0 Å². The van der Waals surface area contributed by atoms with Crippen LogP contribution in [0.3, 0.4) is 0 Å². The Labute approximate surface area is 146 Å². The van der Waals surface area contributed by atoms with Gasteiger partial charge in [-0.05, 0) is 42.2 Å². The Hall–Kier alpha value is -1.51.